The van der Waals surface area contributed by atoms with E-state index in [-0.39, 0.29) is 22.5 Å². The topological polar surface area (TPSA) is 100 Å². The van der Waals surface area contributed by atoms with Crippen LogP contribution in [0.15, 0.2) is 58.1 Å². The lowest BCUT2D eigenvalue weighted by Gasteiger charge is -2.15. The normalized spacial score (nSPS) is 11.8. The number of pyridine rings is 1. The summed E-state index contributed by atoms with van der Waals surface area (Å²) in [5.74, 6) is 0.224. The molecule has 1 atom stereocenters. The number of rotatable bonds is 8. The van der Waals surface area contributed by atoms with Gasteiger partial charge < -0.3 is 15.2 Å². The first-order valence-electron chi connectivity index (χ1n) is 8.52. The Labute approximate surface area is 174 Å². The van der Waals surface area contributed by atoms with E-state index in [9.17, 15) is 9.90 Å². The molecule has 3 rings (SSSR count). The number of aromatic amines is 1. The molecule has 0 aliphatic rings. The number of aliphatic hydroxyl groups is 1. The Kier molecular flexibility index (Phi) is 7.02. The Morgan fingerprint density at radius 1 is 1.29 bits per heavy atom. The minimum Gasteiger partial charge on any atom is -0.475 e. The zero-order valence-corrected chi connectivity index (χ0v) is 17.1. The van der Waals surface area contributed by atoms with Gasteiger partial charge in [-0.3, -0.25) is 9.78 Å². The summed E-state index contributed by atoms with van der Waals surface area (Å²) < 4.78 is 5.99. The Hall–Kier alpha value is -2.42. The average Bonchev–Trinajstić information content (AvgIpc) is 2.71. The van der Waals surface area contributed by atoms with Crippen molar-refractivity contribution in [1.82, 2.24) is 15.2 Å². The number of hydrogen-bond donors (Lipinski definition) is 3. The summed E-state index contributed by atoms with van der Waals surface area (Å²) in [6.07, 6.45) is 2.95. The monoisotopic (exact) mass is 464 g/mol. The predicted octanol–water partition coefficient (Wildman–Crippen LogP) is 3.70. The van der Waals surface area contributed by atoms with Crippen molar-refractivity contribution in [3.8, 4) is 5.88 Å². The molecule has 1 unspecified atom stereocenters. The van der Waals surface area contributed by atoms with E-state index < -0.39 is 6.10 Å². The first kappa shape index (κ1) is 20.3. The molecule has 28 heavy (non-hydrogen) atoms. The maximum atomic E-state index is 11.9. The van der Waals surface area contributed by atoms with Crippen LogP contribution >= 0.6 is 27.5 Å². The van der Waals surface area contributed by atoms with Crippen molar-refractivity contribution < 1.29 is 9.84 Å². The molecule has 0 aliphatic carbocycles. The van der Waals surface area contributed by atoms with Gasteiger partial charge in [-0.05, 0) is 39.2 Å². The summed E-state index contributed by atoms with van der Waals surface area (Å²) in [5, 5.41) is 20.3. The van der Waals surface area contributed by atoms with Crippen LogP contribution in [-0.4, -0.2) is 26.9 Å². The van der Waals surface area contributed by atoms with Crippen LogP contribution in [0.2, 0.25) is 5.02 Å². The first-order valence-corrected chi connectivity index (χ1v) is 9.69. The summed E-state index contributed by atoms with van der Waals surface area (Å²) in [6, 6.07) is 10.8. The fourth-order valence-corrected chi connectivity index (χ4v) is 3.19. The van der Waals surface area contributed by atoms with Crippen molar-refractivity contribution in [2.75, 3.05) is 11.9 Å². The average molecular weight is 466 g/mol. The van der Waals surface area contributed by atoms with E-state index in [0.29, 0.717) is 29.2 Å². The van der Waals surface area contributed by atoms with Gasteiger partial charge in [0.1, 0.15) is 10.2 Å². The van der Waals surface area contributed by atoms with Crippen molar-refractivity contribution in [1.29, 1.82) is 0 Å². The molecule has 3 aromatic rings. The number of nitrogens with zero attached hydrogens (tertiary/aromatic N) is 2. The van der Waals surface area contributed by atoms with E-state index in [1.165, 1.54) is 0 Å². The lowest BCUT2D eigenvalue weighted by atomic mass is 10.1. The lowest BCUT2D eigenvalue weighted by Crippen LogP contribution is -2.16. The van der Waals surface area contributed by atoms with E-state index in [2.05, 4.69) is 36.4 Å². The molecule has 2 aromatic heterocycles. The summed E-state index contributed by atoms with van der Waals surface area (Å²) in [7, 11) is 0. The van der Waals surface area contributed by atoms with Gasteiger partial charge in [-0.15, -0.1) is 5.10 Å². The Morgan fingerprint density at radius 3 is 2.86 bits per heavy atom. The smallest absolute Gasteiger partial charge is 0.280 e. The van der Waals surface area contributed by atoms with Crippen molar-refractivity contribution in [2.45, 2.75) is 19.1 Å². The third-order valence-corrected chi connectivity index (χ3v) is 5.08. The van der Waals surface area contributed by atoms with Gasteiger partial charge in [0.25, 0.3) is 11.4 Å². The van der Waals surface area contributed by atoms with Gasteiger partial charge in [-0.1, -0.05) is 35.9 Å². The second kappa shape index (κ2) is 9.68. The summed E-state index contributed by atoms with van der Waals surface area (Å²) in [5.41, 5.74) is 1.63. The van der Waals surface area contributed by atoms with Gasteiger partial charge >= 0.3 is 0 Å². The summed E-state index contributed by atoms with van der Waals surface area (Å²) in [6.45, 7) is 0.621. The molecular formula is C19H18BrClN4O3. The zero-order chi connectivity index (χ0) is 19.9. The third-order valence-electron chi connectivity index (χ3n) is 3.98. The number of H-pyrrole nitrogens is 1. The van der Waals surface area contributed by atoms with Gasteiger partial charge in [-0.2, -0.15) is 0 Å². The quantitative estimate of drug-likeness (QED) is 0.469. The molecule has 7 nitrogen and oxygen atoms in total. The number of aromatic nitrogens is 3. The van der Waals surface area contributed by atoms with Crippen LogP contribution in [-0.2, 0) is 6.54 Å². The number of hydrogen-bond acceptors (Lipinski definition) is 6. The third kappa shape index (κ3) is 5.09. The molecule has 0 amide bonds. The van der Waals surface area contributed by atoms with E-state index in [1.54, 1.807) is 30.6 Å². The van der Waals surface area contributed by atoms with Gasteiger partial charge in [0.05, 0.1) is 12.7 Å². The molecule has 0 radical (unpaired) electrons. The highest BCUT2D eigenvalue weighted by atomic mass is 79.9. The standard InChI is InChI=1S/C19H18BrClN4O3/c20-16-17(23-11-12-4-3-8-22-10-12)19(25-24-18(16)27)28-9-7-15(26)13-5-1-2-6-14(13)21/h1-6,8,10,15,26H,7,9,11H2,(H2,23,24,27). The van der Waals surface area contributed by atoms with E-state index in [0.717, 1.165) is 5.56 Å². The van der Waals surface area contributed by atoms with Crippen LogP contribution in [0, 0.1) is 0 Å². The lowest BCUT2D eigenvalue weighted by molar-refractivity contribution is 0.139. The molecule has 0 fully saturated rings. The molecule has 9 heteroatoms. The van der Waals surface area contributed by atoms with Crippen LogP contribution in [0.25, 0.3) is 0 Å². The highest BCUT2D eigenvalue weighted by Crippen LogP contribution is 2.29. The number of nitrogens with one attached hydrogen (secondary N) is 2. The summed E-state index contributed by atoms with van der Waals surface area (Å²) in [4.78, 5) is 15.9. The first-order chi connectivity index (χ1) is 13.6. The van der Waals surface area contributed by atoms with Crippen LogP contribution in [0.3, 0.4) is 0 Å². The molecular weight excluding hydrogens is 448 g/mol. The van der Waals surface area contributed by atoms with Crippen molar-refractivity contribution >= 4 is 33.2 Å². The number of aliphatic hydroxyl groups excluding tert-OH is 1. The van der Waals surface area contributed by atoms with Crippen molar-refractivity contribution in [3.63, 3.8) is 0 Å². The number of benzene rings is 1. The number of anilines is 1. The van der Waals surface area contributed by atoms with E-state index in [1.807, 2.05) is 18.2 Å². The van der Waals surface area contributed by atoms with Gasteiger partial charge in [0.15, 0.2) is 0 Å². The minimum absolute atomic E-state index is 0.180. The minimum atomic E-state index is -0.772. The highest BCUT2D eigenvalue weighted by molar-refractivity contribution is 9.10. The molecule has 0 saturated heterocycles. The van der Waals surface area contributed by atoms with Gasteiger partial charge in [0, 0.05) is 30.4 Å². The molecule has 3 N–H and O–H groups in total. The summed E-state index contributed by atoms with van der Waals surface area (Å²) >= 11 is 9.37. The maximum Gasteiger partial charge on any atom is 0.280 e. The van der Waals surface area contributed by atoms with Crippen molar-refractivity contribution in [2.24, 2.45) is 0 Å². The molecule has 2 heterocycles. The molecule has 0 bridgehead atoms. The largest absolute Gasteiger partial charge is 0.475 e. The van der Waals surface area contributed by atoms with E-state index >= 15 is 0 Å². The molecule has 1 aromatic carbocycles. The van der Waals surface area contributed by atoms with Gasteiger partial charge in [0.2, 0.25) is 0 Å². The fourth-order valence-electron chi connectivity index (χ4n) is 2.53. The Balaban J connectivity index is 1.67. The predicted molar refractivity (Wildman–Crippen MR) is 111 cm³/mol. The SMILES string of the molecule is O=c1[nH]nc(OCCC(O)c2ccccc2Cl)c(NCc2cccnc2)c1Br. The molecule has 146 valence electrons. The number of ether oxygens (including phenoxy) is 1. The molecule has 0 aliphatic heterocycles. The fraction of sp³-hybridized carbons (Fsp3) is 0.211. The zero-order valence-electron chi connectivity index (χ0n) is 14.7. The van der Waals surface area contributed by atoms with Gasteiger partial charge in [-0.25, -0.2) is 5.10 Å². The maximum absolute atomic E-state index is 11.9. The second-order valence-corrected chi connectivity index (χ2v) is 7.14. The molecule has 0 spiro atoms. The second-order valence-electron chi connectivity index (χ2n) is 5.94. The van der Waals surface area contributed by atoms with Crippen LogP contribution in [0.4, 0.5) is 5.69 Å². The Morgan fingerprint density at radius 2 is 2.11 bits per heavy atom. The van der Waals surface area contributed by atoms with Crippen LogP contribution in [0.1, 0.15) is 23.7 Å². The van der Waals surface area contributed by atoms with Crippen LogP contribution < -0.4 is 15.6 Å². The van der Waals surface area contributed by atoms with E-state index in [4.69, 9.17) is 16.3 Å². The molecule has 0 saturated carbocycles. The Bertz CT molecular complexity index is 984. The number of halogens is 2. The van der Waals surface area contributed by atoms with Crippen molar-refractivity contribution in [3.05, 3.63) is 79.8 Å². The highest BCUT2D eigenvalue weighted by Gasteiger charge is 2.16. The van der Waals surface area contributed by atoms with Crippen LogP contribution in [0.5, 0.6) is 5.88 Å².